The molecule has 0 saturated carbocycles. The van der Waals surface area contributed by atoms with Crippen molar-refractivity contribution in [2.24, 2.45) is 5.73 Å². The van der Waals surface area contributed by atoms with Crippen LogP contribution in [0.1, 0.15) is 33.6 Å². The summed E-state index contributed by atoms with van der Waals surface area (Å²) in [6.07, 6.45) is 2.36. The van der Waals surface area contributed by atoms with Crippen LogP contribution in [0.5, 0.6) is 0 Å². The van der Waals surface area contributed by atoms with E-state index in [1.807, 2.05) is 0 Å². The normalized spacial score (nSPS) is 30.6. The van der Waals surface area contributed by atoms with E-state index >= 15 is 0 Å². The summed E-state index contributed by atoms with van der Waals surface area (Å²) in [5.74, 6) is 0. The standard InChI is InChI=1S/C11H24N2O/c1-10(2,8-12)13-7-5-6-11(3,9-13)14-4/h5-9,12H2,1-4H3. The SMILES string of the molecule is COC1(C)CCCN(C(C)(C)CN)C1. The van der Waals surface area contributed by atoms with Crippen LogP contribution >= 0.6 is 0 Å². The largest absolute Gasteiger partial charge is 0.377 e. The maximum atomic E-state index is 5.78. The fraction of sp³-hybridized carbons (Fsp3) is 1.00. The Kier molecular flexibility index (Phi) is 3.56. The zero-order valence-corrected chi connectivity index (χ0v) is 9.97. The van der Waals surface area contributed by atoms with Gasteiger partial charge in [0.15, 0.2) is 0 Å². The smallest absolute Gasteiger partial charge is 0.0777 e. The molecule has 1 fully saturated rings. The van der Waals surface area contributed by atoms with E-state index in [0.717, 1.165) is 19.5 Å². The summed E-state index contributed by atoms with van der Waals surface area (Å²) in [6, 6.07) is 0. The molecule has 84 valence electrons. The molecule has 0 aromatic rings. The monoisotopic (exact) mass is 200 g/mol. The summed E-state index contributed by atoms with van der Waals surface area (Å²) >= 11 is 0. The minimum atomic E-state index is 0.0185. The lowest BCUT2D eigenvalue weighted by molar-refractivity contribution is -0.0736. The highest BCUT2D eigenvalue weighted by Gasteiger charge is 2.36. The van der Waals surface area contributed by atoms with Crippen molar-refractivity contribution in [1.29, 1.82) is 0 Å². The third-order valence-electron chi connectivity index (χ3n) is 3.51. The number of hydrogen-bond acceptors (Lipinski definition) is 3. The highest BCUT2D eigenvalue weighted by atomic mass is 16.5. The second-order valence-electron chi connectivity index (χ2n) is 5.20. The minimum absolute atomic E-state index is 0.0185. The van der Waals surface area contributed by atoms with Crippen molar-refractivity contribution in [2.45, 2.75) is 44.8 Å². The fourth-order valence-electron chi connectivity index (χ4n) is 2.02. The van der Waals surface area contributed by atoms with Crippen LogP contribution in [0.3, 0.4) is 0 Å². The van der Waals surface area contributed by atoms with E-state index in [1.165, 1.54) is 6.42 Å². The zero-order valence-electron chi connectivity index (χ0n) is 9.97. The zero-order chi connectivity index (χ0) is 10.8. The molecule has 1 unspecified atom stereocenters. The number of likely N-dealkylation sites (tertiary alicyclic amines) is 1. The quantitative estimate of drug-likeness (QED) is 0.744. The number of hydrogen-bond donors (Lipinski definition) is 1. The summed E-state index contributed by atoms with van der Waals surface area (Å²) in [6.45, 7) is 9.43. The fourth-order valence-corrected chi connectivity index (χ4v) is 2.02. The lowest BCUT2D eigenvalue weighted by Gasteiger charge is -2.46. The van der Waals surface area contributed by atoms with Crippen molar-refractivity contribution in [3.63, 3.8) is 0 Å². The molecule has 2 N–H and O–H groups in total. The van der Waals surface area contributed by atoms with Crippen molar-refractivity contribution >= 4 is 0 Å². The second kappa shape index (κ2) is 4.17. The predicted octanol–water partition coefficient (Wildman–Crippen LogP) is 1.22. The van der Waals surface area contributed by atoms with E-state index in [9.17, 15) is 0 Å². The Labute approximate surface area is 87.6 Å². The van der Waals surface area contributed by atoms with Crippen LogP contribution in [0.15, 0.2) is 0 Å². The molecule has 0 aromatic heterocycles. The molecule has 1 atom stereocenters. The summed E-state index contributed by atoms with van der Waals surface area (Å²) in [5, 5.41) is 0. The molecule has 0 aliphatic carbocycles. The first-order valence-electron chi connectivity index (χ1n) is 5.44. The van der Waals surface area contributed by atoms with Crippen LogP contribution in [0.25, 0.3) is 0 Å². The van der Waals surface area contributed by atoms with E-state index < -0.39 is 0 Å². The molecule has 1 saturated heterocycles. The summed E-state index contributed by atoms with van der Waals surface area (Å²) in [5.41, 5.74) is 5.90. The molecule has 1 heterocycles. The summed E-state index contributed by atoms with van der Waals surface area (Å²) in [7, 11) is 1.80. The van der Waals surface area contributed by atoms with Gasteiger partial charge in [0.05, 0.1) is 5.60 Å². The van der Waals surface area contributed by atoms with Gasteiger partial charge in [-0.1, -0.05) is 0 Å². The van der Waals surface area contributed by atoms with Gasteiger partial charge < -0.3 is 10.5 Å². The van der Waals surface area contributed by atoms with Crippen LogP contribution in [0.2, 0.25) is 0 Å². The van der Waals surface area contributed by atoms with Gasteiger partial charge in [-0.15, -0.1) is 0 Å². The van der Waals surface area contributed by atoms with Gasteiger partial charge in [0.2, 0.25) is 0 Å². The number of methoxy groups -OCH3 is 1. The Morgan fingerprint density at radius 1 is 1.50 bits per heavy atom. The molecule has 1 aliphatic rings. The van der Waals surface area contributed by atoms with Crippen molar-refractivity contribution in [2.75, 3.05) is 26.7 Å². The average molecular weight is 200 g/mol. The third-order valence-corrected chi connectivity index (χ3v) is 3.51. The Balaban J connectivity index is 2.65. The van der Waals surface area contributed by atoms with Crippen LogP contribution in [0, 0.1) is 0 Å². The molecule has 0 radical (unpaired) electrons. The number of nitrogens with two attached hydrogens (primary N) is 1. The Morgan fingerprint density at radius 2 is 2.14 bits per heavy atom. The lowest BCUT2D eigenvalue weighted by Crippen LogP contribution is -2.58. The van der Waals surface area contributed by atoms with Gasteiger partial charge in [-0.2, -0.15) is 0 Å². The van der Waals surface area contributed by atoms with E-state index in [-0.39, 0.29) is 11.1 Å². The van der Waals surface area contributed by atoms with Crippen molar-refractivity contribution < 1.29 is 4.74 Å². The Morgan fingerprint density at radius 3 is 2.64 bits per heavy atom. The van der Waals surface area contributed by atoms with Crippen molar-refractivity contribution in [3.8, 4) is 0 Å². The number of nitrogens with zero attached hydrogens (tertiary/aromatic N) is 1. The van der Waals surface area contributed by atoms with E-state index in [2.05, 4.69) is 25.7 Å². The molecular formula is C11H24N2O. The Hall–Kier alpha value is -0.120. The minimum Gasteiger partial charge on any atom is -0.377 e. The molecule has 0 bridgehead atoms. The van der Waals surface area contributed by atoms with Crippen LogP contribution < -0.4 is 5.73 Å². The maximum absolute atomic E-state index is 5.78. The van der Waals surface area contributed by atoms with Gasteiger partial charge in [0, 0.05) is 25.7 Å². The summed E-state index contributed by atoms with van der Waals surface area (Å²) in [4.78, 5) is 2.44. The number of rotatable bonds is 3. The second-order valence-corrected chi connectivity index (χ2v) is 5.20. The van der Waals surface area contributed by atoms with E-state index in [0.29, 0.717) is 6.54 Å². The molecule has 1 aliphatic heterocycles. The maximum Gasteiger partial charge on any atom is 0.0777 e. The van der Waals surface area contributed by atoms with Crippen LogP contribution in [0.4, 0.5) is 0 Å². The van der Waals surface area contributed by atoms with Gasteiger partial charge in [-0.05, 0) is 40.2 Å². The van der Waals surface area contributed by atoms with Gasteiger partial charge in [0.1, 0.15) is 0 Å². The van der Waals surface area contributed by atoms with Crippen molar-refractivity contribution in [1.82, 2.24) is 4.90 Å². The number of ether oxygens (including phenoxy) is 1. The molecule has 0 amide bonds. The van der Waals surface area contributed by atoms with E-state index in [1.54, 1.807) is 7.11 Å². The van der Waals surface area contributed by atoms with Gasteiger partial charge in [-0.3, -0.25) is 4.90 Å². The first kappa shape index (κ1) is 12.0. The highest BCUT2D eigenvalue weighted by molar-refractivity contribution is 4.92. The van der Waals surface area contributed by atoms with Gasteiger partial charge in [0.25, 0.3) is 0 Å². The molecule has 3 nitrogen and oxygen atoms in total. The van der Waals surface area contributed by atoms with Gasteiger partial charge >= 0.3 is 0 Å². The summed E-state index contributed by atoms with van der Waals surface area (Å²) < 4.78 is 5.57. The average Bonchev–Trinajstić information content (AvgIpc) is 2.18. The molecule has 1 rings (SSSR count). The van der Waals surface area contributed by atoms with Crippen LogP contribution in [-0.4, -0.2) is 42.8 Å². The van der Waals surface area contributed by atoms with Gasteiger partial charge in [-0.25, -0.2) is 0 Å². The number of piperidine rings is 1. The molecule has 0 aromatic carbocycles. The topological polar surface area (TPSA) is 38.5 Å². The lowest BCUT2D eigenvalue weighted by atomic mass is 9.90. The molecular weight excluding hydrogens is 176 g/mol. The van der Waals surface area contributed by atoms with Crippen molar-refractivity contribution in [3.05, 3.63) is 0 Å². The third kappa shape index (κ3) is 2.47. The van der Waals surface area contributed by atoms with E-state index in [4.69, 9.17) is 10.5 Å². The Bertz CT molecular complexity index is 189. The van der Waals surface area contributed by atoms with Crippen LogP contribution in [-0.2, 0) is 4.74 Å². The molecule has 3 heteroatoms. The highest BCUT2D eigenvalue weighted by Crippen LogP contribution is 2.28. The first-order valence-corrected chi connectivity index (χ1v) is 5.44. The molecule has 0 spiro atoms. The molecule has 14 heavy (non-hydrogen) atoms. The predicted molar refractivity (Wildman–Crippen MR) is 59.4 cm³/mol. The first-order chi connectivity index (χ1) is 6.43.